The van der Waals surface area contributed by atoms with Gasteiger partial charge in [-0.25, -0.2) is 0 Å². The molecule has 25 heavy (non-hydrogen) atoms. The quantitative estimate of drug-likeness (QED) is 0.821. The largest absolute Gasteiger partial charge is 0.316 e. The molecule has 132 valence electrons. The van der Waals surface area contributed by atoms with Crippen LogP contribution in [-0.4, -0.2) is 5.91 Å². The minimum absolute atomic E-state index is 0.140. The summed E-state index contributed by atoms with van der Waals surface area (Å²) in [6.07, 6.45) is 10.5. The van der Waals surface area contributed by atoms with Gasteiger partial charge in [0.15, 0.2) is 0 Å². The summed E-state index contributed by atoms with van der Waals surface area (Å²) in [5.74, 6) is 3.21. The molecule has 4 bridgehead atoms. The van der Waals surface area contributed by atoms with E-state index in [0.717, 1.165) is 66.8 Å². The molecular formula is C21H26N2OS. The lowest BCUT2D eigenvalue weighted by molar-refractivity contribution is -0.140. The number of nitrogens with one attached hydrogen (secondary N) is 1. The summed E-state index contributed by atoms with van der Waals surface area (Å²) in [4.78, 5) is 14.6. The predicted molar refractivity (Wildman–Crippen MR) is 99.5 cm³/mol. The lowest BCUT2D eigenvalue weighted by Crippen LogP contribution is -2.51. The Morgan fingerprint density at radius 2 is 1.84 bits per heavy atom. The summed E-state index contributed by atoms with van der Waals surface area (Å²) >= 11 is 1.67. The van der Waals surface area contributed by atoms with Crippen molar-refractivity contribution < 1.29 is 4.79 Å². The van der Waals surface area contributed by atoms with Crippen molar-refractivity contribution in [1.29, 1.82) is 5.26 Å². The molecule has 1 aromatic rings. The van der Waals surface area contributed by atoms with Crippen LogP contribution < -0.4 is 5.32 Å². The van der Waals surface area contributed by atoms with Crippen molar-refractivity contribution in [2.75, 3.05) is 5.32 Å². The van der Waals surface area contributed by atoms with E-state index in [4.69, 9.17) is 0 Å². The summed E-state index contributed by atoms with van der Waals surface area (Å²) in [7, 11) is 0. The lowest BCUT2D eigenvalue weighted by atomic mass is 9.49. The molecule has 4 fully saturated rings. The third-order valence-electron chi connectivity index (χ3n) is 7.37. The van der Waals surface area contributed by atoms with Crippen LogP contribution in [0.5, 0.6) is 0 Å². The molecule has 5 aliphatic carbocycles. The molecule has 4 heteroatoms. The van der Waals surface area contributed by atoms with Gasteiger partial charge in [-0.05, 0) is 87.0 Å². The highest BCUT2D eigenvalue weighted by molar-refractivity contribution is 7.16. The number of carbonyl (C=O) groups is 1. The fraction of sp³-hybridized carbons (Fsp3) is 0.714. The Morgan fingerprint density at radius 1 is 1.20 bits per heavy atom. The van der Waals surface area contributed by atoms with E-state index in [1.165, 1.54) is 29.7 Å². The summed E-state index contributed by atoms with van der Waals surface area (Å²) in [5, 5.41) is 13.8. The van der Waals surface area contributed by atoms with Gasteiger partial charge in [0.1, 0.15) is 11.1 Å². The Balaban J connectivity index is 1.43. The maximum atomic E-state index is 13.3. The predicted octanol–water partition coefficient (Wildman–Crippen LogP) is 4.90. The number of fused-ring (bicyclic) bond motifs is 1. The molecule has 3 nitrogen and oxygen atoms in total. The Morgan fingerprint density at radius 3 is 2.44 bits per heavy atom. The molecule has 4 saturated carbocycles. The van der Waals surface area contributed by atoms with E-state index in [2.05, 4.69) is 18.3 Å². The molecule has 1 amide bonds. The number of rotatable bonds is 2. The average molecular weight is 355 g/mol. The van der Waals surface area contributed by atoms with Gasteiger partial charge in [-0.15, -0.1) is 11.3 Å². The number of hydrogen-bond donors (Lipinski definition) is 1. The van der Waals surface area contributed by atoms with Crippen LogP contribution in [0.1, 0.15) is 67.9 Å². The zero-order valence-corrected chi connectivity index (χ0v) is 15.8. The second-order valence-electron chi connectivity index (χ2n) is 9.32. The van der Waals surface area contributed by atoms with Gasteiger partial charge in [0.05, 0.1) is 11.0 Å². The first kappa shape index (κ1) is 15.9. The van der Waals surface area contributed by atoms with Crippen molar-refractivity contribution >= 4 is 22.2 Å². The van der Waals surface area contributed by atoms with Crippen LogP contribution in [0.15, 0.2) is 0 Å². The van der Waals surface area contributed by atoms with Gasteiger partial charge in [0.2, 0.25) is 5.91 Å². The van der Waals surface area contributed by atoms with Crippen LogP contribution in [0.2, 0.25) is 0 Å². The van der Waals surface area contributed by atoms with Gasteiger partial charge in [-0.1, -0.05) is 6.92 Å². The number of nitriles is 1. The molecule has 0 aromatic carbocycles. The highest BCUT2D eigenvalue weighted by Crippen LogP contribution is 2.60. The van der Waals surface area contributed by atoms with Crippen molar-refractivity contribution in [2.24, 2.45) is 29.1 Å². The molecule has 0 aliphatic heterocycles. The van der Waals surface area contributed by atoms with Crippen LogP contribution in [0.25, 0.3) is 0 Å². The van der Waals surface area contributed by atoms with Crippen molar-refractivity contribution in [2.45, 2.75) is 64.7 Å². The van der Waals surface area contributed by atoms with E-state index in [1.807, 2.05) is 0 Å². The van der Waals surface area contributed by atoms with Crippen LogP contribution in [0.4, 0.5) is 5.00 Å². The number of amides is 1. The number of anilines is 1. The first-order valence-corrected chi connectivity index (χ1v) is 10.7. The summed E-state index contributed by atoms with van der Waals surface area (Å²) < 4.78 is 0. The molecule has 6 rings (SSSR count). The molecule has 1 aromatic heterocycles. The topological polar surface area (TPSA) is 52.9 Å². The van der Waals surface area contributed by atoms with E-state index < -0.39 is 0 Å². The van der Waals surface area contributed by atoms with E-state index >= 15 is 0 Å². The van der Waals surface area contributed by atoms with E-state index in [9.17, 15) is 10.1 Å². The molecule has 1 N–H and O–H groups in total. The van der Waals surface area contributed by atoms with Gasteiger partial charge >= 0.3 is 0 Å². The van der Waals surface area contributed by atoms with Gasteiger partial charge in [0.25, 0.3) is 0 Å². The second kappa shape index (κ2) is 5.58. The smallest absolute Gasteiger partial charge is 0.231 e. The third-order valence-corrected chi connectivity index (χ3v) is 8.54. The van der Waals surface area contributed by atoms with Crippen molar-refractivity contribution in [3.8, 4) is 6.07 Å². The van der Waals surface area contributed by atoms with E-state index in [1.54, 1.807) is 11.3 Å². The molecule has 0 spiro atoms. The molecule has 0 saturated heterocycles. The second-order valence-corrected chi connectivity index (χ2v) is 10.4. The van der Waals surface area contributed by atoms with Crippen LogP contribution in [0.3, 0.4) is 0 Å². The first-order chi connectivity index (χ1) is 12.1. The zero-order chi connectivity index (χ0) is 17.2. The van der Waals surface area contributed by atoms with Gasteiger partial charge < -0.3 is 5.32 Å². The van der Waals surface area contributed by atoms with Gasteiger partial charge in [-0.2, -0.15) is 5.26 Å². The third kappa shape index (κ3) is 2.46. The highest BCUT2D eigenvalue weighted by atomic mass is 32.1. The SMILES string of the molecule is CC1CCc2c(sc(NC(=O)C34CC5CC(CC(C5)C3)C4)c2C#N)C1. The van der Waals surface area contributed by atoms with E-state index in [-0.39, 0.29) is 11.3 Å². The average Bonchev–Trinajstić information content (AvgIpc) is 2.89. The minimum atomic E-state index is -0.140. The Hall–Kier alpha value is -1.34. The number of carbonyl (C=O) groups excluding carboxylic acids is 1. The fourth-order valence-electron chi connectivity index (χ4n) is 6.58. The maximum Gasteiger partial charge on any atom is 0.231 e. The fourth-order valence-corrected chi connectivity index (χ4v) is 7.94. The van der Waals surface area contributed by atoms with Crippen molar-refractivity contribution in [3.63, 3.8) is 0 Å². The Labute approximate surface area is 153 Å². The minimum Gasteiger partial charge on any atom is -0.316 e. The molecule has 1 atom stereocenters. The normalized spacial score (nSPS) is 38.2. The molecule has 0 radical (unpaired) electrons. The number of thiophene rings is 1. The summed E-state index contributed by atoms with van der Waals surface area (Å²) in [5.41, 5.74) is 1.83. The monoisotopic (exact) mass is 354 g/mol. The maximum absolute atomic E-state index is 13.3. The summed E-state index contributed by atoms with van der Waals surface area (Å²) in [6, 6.07) is 2.39. The van der Waals surface area contributed by atoms with Gasteiger partial charge in [0, 0.05) is 4.88 Å². The number of nitrogens with zero attached hydrogens (tertiary/aromatic N) is 1. The van der Waals surface area contributed by atoms with Gasteiger partial charge in [-0.3, -0.25) is 4.79 Å². The molecule has 1 unspecified atom stereocenters. The standard InChI is InChI=1S/C21H26N2OS/c1-12-2-3-16-17(11-22)19(25-18(16)4-12)23-20(24)21-8-13-5-14(9-21)7-15(6-13)10-21/h12-15H,2-10H2,1H3,(H,23,24). The number of hydrogen-bond acceptors (Lipinski definition) is 3. The zero-order valence-electron chi connectivity index (χ0n) is 14.9. The molecular weight excluding hydrogens is 328 g/mol. The van der Waals surface area contributed by atoms with Crippen LogP contribution in [-0.2, 0) is 17.6 Å². The molecule has 1 heterocycles. The molecule has 5 aliphatic rings. The first-order valence-electron chi connectivity index (χ1n) is 9.92. The van der Waals surface area contributed by atoms with Crippen molar-refractivity contribution in [3.05, 3.63) is 16.0 Å². The van der Waals surface area contributed by atoms with Crippen molar-refractivity contribution in [1.82, 2.24) is 0 Å². The Bertz CT molecular complexity index is 736. The lowest BCUT2D eigenvalue weighted by Gasteiger charge is -2.55. The summed E-state index contributed by atoms with van der Waals surface area (Å²) in [6.45, 7) is 2.28. The van der Waals surface area contributed by atoms with Crippen LogP contribution in [0, 0.1) is 40.4 Å². The Kier molecular flexibility index (Phi) is 3.54. The van der Waals surface area contributed by atoms with E-state index in [0.29, 0.717) is 5.92 Å². The van der Waals surface area contributed by atoms with Crippen LogP contribution >= 0.6 is 11.3 Å². The highest BCUT2D eigenvalue weighted by Gasteiger charge is 2.54.